The second-order valence-corrected chi connectivity index (χ2v) is 6.33. The topological polar surface area (TPSA) is 59.0 Å². The van der Waals surface area contributed by atoms with Crippen LogP contribution in [0.5, 0.6) is 0 Å². The number of nitrogens with zero attached hydrogens (tertiary/aromatic N) is 2. The summed E-state index contributed by atoms with van der Waals surface area (Å²) in [5, 5.41) is 10.3. The Kier molecular flexibility index (Phi) is 5.08. The van der Waals surface area contributed by atoms with E-state index in [0.29, 0.717) is 0 Å². The lowest BCUT2D eigenvalue weighted by Crippen LogP contribution is -2.38. The molecule has 1 aromatic heterocycles. The second-order valence-electron chi connectivity index (χ2n) is 6.33. The Balaban J connectivity index is 2.00. The minimum Gasteiger partial charge on any atom is -0.332 e. The Labute approximate surface area is 138 Å². The first-order valence-electron chi connectivity index (χ1n) is 7.91. The van der Waals surface area contributed by atoms with E-state index in [4.69, 9.17) is 0 Å². The van der Waals surface area contributed by atoms with E-state index in [9.17, 15) is 4.79 Å². The van der Waals surface area contributed by atoms with Crippen LogP contribution in [0.3, 0.4) is 0 Å². The van der Waals surface area contributed by atoms with Crippen molar-refractivity contribution >= 4 is 6.03 Å². The third kappa shape index (κ3) is 4.34. The quantitative estimate of drug-likeness (QED) is 0.908. The fourth-order valence-corrected chi connectivity index (χ4v) is 2.90. The van der Waals surface area contributed by atoms with Gasteiger partial charge in [-0.15, -0.1) is 0 Å². The number of rotatable bonds is 4. The maximum absolute atomic E-state index is 12.2. The van der Waals surface area contributed by atoms with Gasteiger partial charge < -0.3 is 10.6 Å². The third-order valence-corrected chi connectivity index (χ3v) is 3.96. The van der Waals surface area contributed by atoms with Crippen molar-refractivity contribution in [2.24, 2.45) is 7.05 Å². The first-order valence-corrected chi connectivity index (χ1v) is 7.91. The van der Waals surface area contributed by atoms with Crippen LogP contribution < -0.4 is 10.6 Å². The number of aryl methyl sites for hydroxylation is 4. The lowest BCUT2D eigenvalue weighted by Gasteiger charge is -2.19. The number of amides is 2. The van der Waals surface area contributed by atoms with Crippen molar-refractivity contribution in [3.05, 3.63) is 52.3 Å². The number of urea groups is 1. The van der Waals surface area contributed by atoms with Crippen molar-refractivity contribution in [1.29, 1.82) is 0 Å². The Morgan fingerprint density at radius 3 is 2.13 bits per heavy atom. The molecule has 2 N–H and O–H groups in total. The highest BCUT2D eigenvalue weighted by Gasteiger charge is 2.16. The molecule has 0 aliphatic rings. The zero-order chi connectivity index (χ0) is 17.1. The number of benzene rings is 1. The molecule has 2 aromatic rings. The third-order valence-electron chi connectivity index (χ3n) is 3.96. The molecule has 0 aliphatic carbocycles. The van der Waals surface area contributed by atoms with Crippen LogP contribution in [0.25, 0.3) is 0 Å². The normalized spacial score (nSPS) is 13.5. The summed E-state index contributed by atoms with van der Waals surface area (Å²) in [5.74, 6) is 0. The number of hydrogen-bond donors (Lipinski definition) is 2. The van der Waals surface area contributed by atoms with Gasteiger partial charge in [0.25, 0.3) is 0 Å². The van der Waals surface area contributed by atoms with Gasteiger partial charge in [-0.25, -0.2) is 4.79 Å². The number of carbonyl (C=O) groups is 1. The van der Waals surface area contributed by atoms with E-state index in [1.165, 1.54) is 11.1 Å². The molecule has 2 rings (SSSR count). The molecular formula is C18H26N4O. The maximum Gasteiger partial charge on any atom is 0.315 e. The minimum atomic E-state index is -0.174. The molecule has 0 unspecified atom stereocenters. The summed E-state index contributed by atoms with van der Waals surface area (Å²) in [6, 6.07) is 6.03. The molecule has 0 bridgehead atoms. The van der Waals surface area contributed by atoms with Crippen molar-refractivity contribution in [3.8, 4) is 0 Å². The predicted molar refractivity (Wildman–Crippen MR) is 92.4 cm³/mol. The summed E-state index contributed by atoms with van der Waals surface area (Å²) >= 11 is 0. The van der Waals surface area contributed by atoms with Gasteiger partial charge in [-0.05, 0) is 40.2 Å². The number of hydrogen-bond acceptors (Lipinski definition) is 2. The van der Waals surface area contributed by atoms with Crippen LogP contribution in [-0.2, 0) is 7.05 Å². The molecule has 0 radical (unpaired) electrons. The predicted octanol–water partition coefficient (Wildman–Crippen LogP) is 3.47. The summed E-state index contributed by atoms with van der Waals surface area (Å²) in [7, 11) is 1.88. The molecule has 0 spiro atoms. The molecule has 5 nitrogen and oxygen atoms in total. The van der Waals surface area contributed by atoms with Crippen molar-refractivity contribution in [2.75, 3.05) is 0 Å². The molecular weight excluding hydrogens is 288 g/mol. The standard InChI is InChI=1S/C18H26N4O/c1-11-7-12(2)9-16(8-11)13(3)19-18(23)20-14(4)17-10-22(6)21-15(17)5/h7-10,13-14H,1-6H3,(H2,19,20,23)/t13-,14+/m0/s1. The van der Waals surface area contributed by atoms with Gasteiger partial charge in [0.2, 0.25) is 0 Å². The lowest BCUT2D eigenvalue weighted by molar-refractivity contribution is 0.235. The molecule has 124 valence electrons. The SMILES string of the molecule is Cc1cc(C)cc([C@H](C)NC(=O)N[C@H](C)c2cn(C)nc2C)c1. The lowest BCUT2D eigenvalue weighted by atomic mass is 10.0. The average Bonchev–Trinajstić information content (AvgIpc) is 2.76. The molecule has 5 heteroatoms. The van der Waals surface area contributed by atoms with Crippen molar-refractivity contribution in [3.63, 3.8) is 0 Å². The fourth-order valence-electron chi connectivity index (χ4n) is 2.90. The van der Waals surface area contributed by atoms with E-state index in [2.05, 4.69) is 47.8 Å². The van der Waals surface area contributed by atoms with Crippen LogP contribution in [0.15, 0.2) is 24.4 Å². The highest BCUT2D eigenvalue weighted by molar-refractivity contribution is 5.75. The molecule has 0 saturated heterocycles. The van der Waals surface area contributed by atoms with Crippen molar-refractivity contribution < 1.29 is 4.79 Å². The Hall–Kier alpha value is -2.30. The van der Waals surface area contributed by atoms with E-state index >= 15 is 0 Å². The van der Waals surface area contributed by atoms with Crippen LogP contribution in [-0.4, -0.2) is 15.8 Å². The smallest absolute Gasteiger partial charge is 0.315 e. The van der Waals surface area contributed by atoms with E-state index < -0.39 is 0 Å². The molecule has 0 aliphatic heterocycles. The van der Waals surface area contributed by atoms with Crippen LogP contribution >= 0.6 is 0 Å². The second kappa shape index (κ2) is 6.86. The zero-order valence-electron chi connectivity index (χ0n) is 14.8. The molecule has 23 heavy (non-hydrogen) atoms. The van der Waals surface area contributed by atoms with Gasteiger partial charge in [0.1, 0.15) is 0 Å². The number of carbonyl (C=O) groups excluding carboxylic acids is 1. The Morgan fingerprint density at radius 2 is 1.61 bits per heavy atom. The molecule has 1 heterocycles. The van der Waals surface area contributed by atoms with Gasteiger partial charge in [0.05, 0.1) is 17.8 Å². The van der Waals surface area contributed by atoms with Crippen LogP contribution in [0.1, 0.15) is 53.9 Å². The van der Waals surface area contributed by atoms with Crippen molar-refractivity contribution in [1.82, 2.24) is 20.4 Å². The zero-order valence-corrected chi connectivity index (χ0v) is 14.8. The molecule has 1 aromatic carbocycles. The molecule has 2 atom stereocenters. The highest BCUT2D eigenvalue weighted by atomic mass is 16.2. The van der Waals surface area contributed by atoms with Gasteiger partial charge >= 0.3 is 6.03 Å². The van der Waals surface area contributed by atoms with E-state index in [1.807, 2.05) is 34.0 Å². The summed E-state index contributed by atoms with van der Waals surface area (Å²) in [6.45, 7) is 10.0. The van der Waals surface area contributed by atoms with Crippen molar-refractivity contribution in [2.45, 2.75) is 46.7 Å². The first kappa shape index (κ1) is 17.1. The Morgan fingerprint density at radius 1 is 1.04 bits per heavy atom. The first-order chi connectivity index (χ1) is 10.8. The highest BCUT2D eigenvalue weighted by Crippen LogP contribution is 2.18. The van der Waals surface area contributed by atoms with Crippen LogP contribution in [0.4, 0.5) is 4.79 Å². The maximum atomic E-state index is 12.2. The number of nitrogens with one attached hydrogen (secondary N) is 2. The van der Waals surface area contributed by atoms with Crippen LogP contribution in [0, 0.1) is 20.8 Å². The summed E-state index contributed by atoms with van der Waals surface area (Å²) in [4.78, 5) is 12.2. The summed E-state index contributed by atoms with van der Waals surface area (Å²) < 4.78 is 1.76. The van der Waals surface area contributed by atoms with Gasteiger partial charge in [-0.1, -0.05) is 29.3 Å². The minimum absolute atomic E-state index is 0.0456. The van der Waals surface area contributed by atoms with E-state index in [1.54, 1.807) is 4.68 Å². The molecule has 2 amide bonds. The van der Waals surface area contributed by atoms with E-state index in [-0.39, 0.29) is 18.1 Å². The summed E-state index contributed by atoms with van der Waals surface area (Å²) in [5.41, 5.74) is 5.48. The van der Waals surface area contributed by atoms with E-state index in [0.717, 1.165) is 16.8 Å². The van der Waals surface area contributed by atoms with Gasteiger partial charge in [0, 0.05) is 18.8 Å². The average molecular weight is 314 g/mol. The Bertz CT molecular complexity index is 685. The molecule has 0 fully saturated rings. The van der Waals surface area contributed by atoms with Gasteiger partial charge in [-0.3, -0.25) is 4.68 Å². The monoisotopic (exact) mass is 314 g/mol. The van der Waals surface area contributed by atoms with Gasteiger partial charge in [-0.2, -0.15) is 5.10 Å². The summed E-state index contributed by atoms with van der Waals surface area (Å²) in [6.07, 6.45) is 1.94. The van der Waals surface area contributed by atoms with Crippen LogP contribution in [0.2, 0.25) is 0 Å². The fraction of sp³-hybridized carbons (Fsp3) is 0.444. The van der Waals surface area contributed by atoms with Gasteiger partial charge in [0.15, 0.2) is 0 Å². The molecule has 0 saturated carbocycles. The largest absolute Gasteiger partial charge is 0.332 e. The number of aromatic nitrogens is 2.